The summed E-state index contributed by atoms with van der Waals surface area (Å²) in [5.74, 6) is -4.46. The third-order valence-corrected chi connectivity index (χ3v) is 5.76. The van der Waals surface area contributed by atoms with Gasteiger partial charge in [0.2, 0.25) is 0 Å². The van der Waals surface area contributed by atoms with Crippen molar-refractivity contribution in [1.29, 1.82) is 0 Å². The van der Waals surface area contributed by atoms with E-state index < -0.39 is 57.3 Å². The Morgan fingerprint density at radius 1 is 1.23 bits per heavy atom. The van der Waals surface area contributed by atoms with E-state index in [1.165, 1.54) is 0 Å². The van der Waals surface area contributed by atoms with Crippen molar-refractivity contribution in [2.24, 2.45) is 23.7 Å². The molecule has 2 bridgehead atoms. The molecule has 11 heteroatoms. The molecule has 1 saturated heterocycles. The quantitative estimate of drug-likeness (QED) is 0.263. The van der Waals surface area contributed by atoms with Crippen molar-refractivity contribution >= 4 is 22.1 Å². The van der Waals surface area contributed by atoms with E-state index in [4.69, 9.17) is 9.47 Å². The number of rotatable bonds is 7. The lowest BCUT2D eigenvalue weighted by atomic mass is 9.83. The molecule has 3 aliphatic rings. The monoisotopic (exact) mass is 395 g/mol. The highest BCUT2D eigenvalue weighted by molar-refractivity contribution is 7.86. The van der Waals surface area contributed by atoms with Gasteiger partial charge in [0.15, 0.2) is 16.7 Å². The van der Waals surface area contributed by atoms with Crippen molar-refractivity contribution in [3.8, 4) is 0 Å². The van der Waals surface area contributed by atoms with Gasteiger partial charge in [-0.15, -0.1) is 0 Å². The number of hydrogen-bond acceptors (Lipinski definition) is 8. The summed E-state index contributed by atoms with van der Waals surface area (Å²) in [6.45, 7) is 0.319. The molecule has 0 aromatic rings. The minimum atomic E-state index is -5.96. The summed E-state index contributed by atoms with van der Waals surface area (Å²) in [4.78, 5) is 24.6. The van der Waals surface area contributed by atoms with Crippen molar-refractivity contribution in [2.75, 3.05) is 19.8 Å². The van der Waals surface area contributed by atoms with E-state index in [-0.39, 0.29) is 12.5 Å². The number of fused-ring (bicyclic) bond motifs is 2. The van der Waals surface area contributed by atoms with E-state index in [9.17, 15) is 31.3 Å². The molecule has 0 N–H and O–H groups in total. The molecule has 0 amide bonds. The van der Waals surface area contributed by atoms with Crippen LogP contribution in [-0.4, -0.2) is 55.6 Å². The molecule has 146 valence electrons. The number of hydrogen-bond donors (Lipinski definition) is 0. The molecular formula is C15H17F2O8S-. The van der Waals surface area contributed by atoms with E-state index in [1.807, 2.05) is 0 Å². The van der Waals surface area contributed by atoms with E-state index in [1.54, 1.807) is 19.1 Å². The number of esters is 2. The summed E-state index contributed by atoms with van der Waals surface area (Å²) in [5, 5.41) is -4.73. The fourth-order valence-electron chi connectivity index (χ4n) is 3.31. The first-order valence-corrected chi connectivity index (χ1v) is 9.33. The Morgan fingerprint density at radius 2 is 1.73 bits per heavy atom. The maximum atomic E-state index is 13.2. The first kappa shape index (κ1) is 19.2. The van der Waals surface area contributed by atoms with Gasteiger partial charge in [-0.25, -0.2) is 8.42 Å². The number of halogens is 2. The minimum absolute atomic E-state index is 0.0116. The third-order valence-electron chi connectivity index (χ3n) is 4.91. The Labute approximate surface area is 148 Å². The molecule has 3 rings (SSSR count). The SMILES string of the molecule is CC1(COC(=O)C2C3C=CC(C3)C2C(=O)OCC(F)(F)S(=O)(=O)[O-])CO1. The van der Waals surface area contributed by atoms with E-state index in [0.29, 0.717) is 13.0 Å². The average molecular weight is 395 g/mol. The van der Waals surface area contributed by atoms with Gasteiger partial charge in [0.1, 0.15) is 12.2 Å². The van der Waals surface area contributed by atoms with Crippen molar-refractivity contribution in [2.45, 2.75) is 24.2 Å². The van der Waals surface area contributed by atoms with Crippen molar-refractivity contribution < 1.29 is 45.6 Å². The largest absolute Gasteiger partial charge is 0.743 e. The molecule has 1 saturated carbocycles. The number of carbonyl (C=O) groups excluding carboxylic acids is 2. The molecule has 0 aromatic carbocycles. The second kappa shape index (κ2) is 6.24. The number of epoxide rings is 1. The number of allylic oxidation sites excluding steroid dienone is 2. The van der Waals surface area contributed by atoms with Crippen molar-refractivity contribution in [3.05, 3.63) is 12.2 Å². The summed E-state index contributed by atoms with van der Waals surface area (Å²) >= 11 is 0. The average Bonchev–Trinajstić information content (AvgIpc) is 2.97. The second-order valence-corrected chi connectivity index (χ2v) is 8.55. The zero-order valence-corrected chi connectivity index (χ0v) is 14.5. The fraction of sp³-hybridized carbons (Fsp3) is 0.733. The number of alkyl halides is 2. The molecule has 1 heterocycles. The first-order valence-electron chi connectivity index (χ1n) is 7.92. The normalized spacial score (nSPS) is 35.4. The lowest BCUT2D eigenvalue weighted by molar-refractivity contribution is -0.165. The topological polar surface area (TPSA) is 122 Å². The third kappa shape index (κ3) is 3.60. The fourth-order valence-corrected chi connectivity index (χ4v) is 3.52. The smallest absolute Gasteiger partial charge is 0.367 e. The summed E-state index contributed by atoms with van der Waals surface area (Å²) in [6.07, 6.45) is 3.91. The molecule has 2 fully saturated rings. The van der Waals surface area contributed by atoms with Crippen LogP contribution in [0.15, 0.2) is 12.2 Å². The van der Waals surface area contributed by atoms with Crippen molar-refractivity contribution in [1.82, 2.24) is 0 Å². The molecule has 5 atom stereocenters. The van der Waals surface area contributed by atoms with E-state index in [2.05, 4.69) is 4.74 Å². The van der Waals surface area contributed by atoms with Gasteiger partial charge in [0.05, 0.1) is 18.4 Å². The van der Waals surface area contributed by atoms with Crippen LogP contribution in [0.4, 0.5) is 8.78 Å². The zero-order chi connectivity index (χ0) is 19.3. The Hall–Kier alpha value is -1.59. The summed E-state index contributed by atoms with van der Waals surface area (Å²) in [7, 11) is -5.96. The predicted octanol–water partition coefficient (Wildman–Crippen LogP) is 0.438. The van der Waals surface area contributed by atoms with E-state index in [0.717, 1.165) is 0 Å². The first-order chi connectivity index (χ1) is 11.9. The Morgan fingerprint density at radius 3 is 2.19 bits per heavy atom. The molecule has 0 spiro atoms. The van der Waals surface area contributed by atoms with Crippen LogP contribution in [0.2, 0.25) is 0 Å². The van der Waals surface area contributed by atoms with Gasteiger partial charge in [-0.3, -0.25) is 9.59 Å². The van der Waals surface area contributed by atoms with Gasteiger partial charge in [0.25, 0.3) is 0 Å². The van der Waals surface area contributed by atoms with Crippen LogP contribution >= 0.6 is 0 Å². The molecular weight excluding hydrogens is 378 g/mol. The van der Waals surface area contributed by atoms with Crippen LogP contribution in [0.25, 0.3) is 0 Å². The second-order valence-electron chi connectivity index (χ2n) is 7.05. The zero-order valence-electron chi connectivity index (χ0n) is 13.7. The van der Waals surface area contributed by atoms with Crippen LogP contribution in [0, 0.1) is 23.7 Å². The summed E-state index contributed by atoms with van der Waals surface area (Å²) in [6, 6.07) is 0. The van der Waals surface area contributed by atoms with Gasteiger partial charge in [-0.1, -0.05) is 12.2 Å². The summed E-state index contributed by atoms with van der Waals surface area (Å²) < 4.78 is 72.5. The highest BCUT2D eigenvalue weighted by Crippen LogP contribution is 2.49. The molecule has 26 heavy (non-hydrogen) atoms. The molecule has 0 radical (unpaired) electrons. The van der Waals surface area contributed by atoms with Gasteiger partial charge >= 0.3 is 17.2 Å². The van der Waals surface area contributed by atoms with E-state index >= 15 is 0 Å². The molecule has 8 nitrogen and oxygen atoms in total. The Balaban J connectivity index is 1.65. The highest BCUT2D eigenvalue weighted by atomic mass is 32.2. The maximum Gasteiger partial charge on any atom is 0.367 e. The Bertz CT molecular complexity index is 743. The lowest BCUT2D eigenvalue weighted by Gasteiger charge is -2.26. The lowest BCUT2D eigenvalue weighted by Crippen LogP contribution is -2.40. The van der Waals surface area contributed by atoms with Crippen LogP contribution in [0.1, 0.15) is 13.3 Å². The number of carbonyl (C=O) groups is 2. The standard InChI is InChI=1S/C15H18F2O8S/c1-14(6-25-14)5-23-12(18)10-8-2-3-9(4-8)11(10)13(19)24-7-15(16,17)26(20,21)22/h2-3,8-11H,4-7H2,1H3,(H,20,21,22)/p-1. The van der Waals surface area contributed by atoms with Crippen LogP contribution in [0.5, 0.6) is 0 Å². The van der Waals surface area contributed by atoms with Crippen LogP contribution < -0.4 is 0 Å². The molecule has 1 aliphatic heterocycles. The van der Waals surface area contributed by atoms with Gasteiger partial charge in [-0.2, -0.15) is 8.78 Å². The Kier molecular flexibility index (Phi) is 4.60. The van der Waals surface area contributed by atoms with Gasteiger partial charge < -0.3 is 18.8 Å². The van der Waals surface area contributed by atoms with Gasteiger partial charge in [-0.05, 0) is 25.2 Å². The molecule has 0 aromatic heterocycles. The molecule has 5 unspecified atom stereocenters. The van der Waals surface area contributed by atoms with Crippen LogP contribution in [-0.2, 0) is 33.9 Å². The van der Waals surface area contributed by atoms with Crippen LogP contribution in [0.3, 0.4) is 0 Å². The summed E-state index contributed by atoms with van der Waals surface area (Å²) in [5.41, 5.74) is -0.538. The highest BCUT2D eigenvalue weighted by Gasteiger charge is 2.54. The molecule has 2 aliphatic carbocycles. The van der Waals surface area contributed by atoms with Gasteiger partial charge in [0, 0.05) is 0 Å². The minimum Gasteiger partial charge on any atom is -0.743 e. The predicted molar refractivity (Wildman–Crippen MR) is 78.6 cm³/mol. The number of ether oxygens (including phenoxy) is 3. The van der Waals surface area contributed by atoms with Crippen molar-refractivity contribution in [3.63, 3.8) is 0 Å². The maximum absolute atomic E-state index is 13.2.